The largest absolute Gasteiger partial charge is 0.455 e. The summed E-state index contributed by atoms with van der Waals surface area (Å²) in [4.78, 5) is 14.2. The predicted octanol–water partition coefficient (Wildman–Crippen LogP) is 5.16. The summed E-state index contributed by atoms with van der Waals surface area (Å²) in [6.45, 7) is 2.20. The molecular formula is C29H28ClF2NO6S. The van der Waals surface area contributed by atoms with Gasteiger partial charge in [0.1, 0.15) is 16.9 Å². The van der Waals surface area contributed by atoms with Gasteiger partial charge in [-0.05, 0) is 41.0 Å². The number of carbonyl (C=O) groups excluding carboxylic acids is 1. The molecule has 3 aromatic carbocycles. The fourth-order valence-electron chi connectivity index (χ4n) is 5.71. The number of nitrogens with zero attached hydrogens (tertiary/aromatic N) is 1. The van der Waals surface area contributed by atoms with Gasteiger partial charge in [-0.1, -0.05) is 48.0 Å². The molecule has 11 heteroatoms. The average molecular weight is 592 g/mol. The molecule has 0 N–H and O–H groups in total. The van der Waals surface area contributed by atoms with Gasteiger partial charge in [-0.25, -0.2) is 17.2 Å². The Morgan fingerprint density at radius 2 is 1.48 bits per heavy atom. The number of likely N-dealkylation sites (tertiary alicyclic amines) is 1. The zero-order valence-electron chi connectivity index (χ0n) is 21.9. The number of esters is 1. The fourth-order valence-corrected chi connectivity index (χ4v) is 7.44. The molecule has 2 saturated heterocycles. The first-order valence-electron chi connectivity index (χ1n) is 12.6. The van der Waals surface area contributed by atoms with E-state index in [2.05, 4.69) is 0 Å². The van der Waals surface area contributed by atoms with Gasteiger partial charge in [-0.15, -0.1) is 0 Å². The highest BCUT2D eigenvalue weighted by atomic mass is 35.5. The van der Waals surface area contributed by atoms with Crippen molar-refractivity contribution in [1.29, 1.82) is 0 Å². The van der Waals surface area contributed by atoms with Gasteiger partial charge < -0.3 is 14.2 Å². The second-order valence-corrected chi connectivity index (χ2v) is 12.7. The van der Waals surface area contributed by atoms with Crippen molar-refractivity contribution in [3.8, 4) is 0 Å². The Kier molecular flexibility index (Phi) is 8.00. The van der Waals surface area contributed by atoms with Crippen LogP contribution >= 0.6 is 11.6 Å². The number of halogens is 3. The SMILES string of the molecule is CC(=O)OC1([C@@H](c2cc(F)cc(F)c2)S(C)(=O)=O)CN([C@@H](c2ccc(Cl)cc2)c2ccc(C3OCCO3)cc2)C1. The zero-order valence-corrected chi connectivity index (χ0v) is 23.4. The van der Waals surface area contributed by atoms with E-state index in [1.165, 1.54) is 6.92 Å². The number of carbonyl (C=O) groups is 1. The minimum absolute atomic E-state index is 0.00760. The molecule has 0 saturated carbocycles. The molecule has 0 spiro atoms. The topological polar surface area (TPSA) is 82.1 Å². The molecule has 0 amide bonds. The lowest BCUT2D eigenvalue weighted by Gasteiger charge is -2.54. The summed E-state index contributed by atoms with van der Waals surface area (Å²) >= 11 is 6.14. The van der Waals surface area contributed by atoms with Crippen molar-refractivity contribution in [3.63, 3.8) is 0 Å². The molecule has 0 radical (unpaired) electrons. The van der Waals surface area contributed by atoms with Crippen molar-refractivity contribution in [2.24, 2.45) is 0 Å². The van der Waals surface area contributed by atoms with Crippen LogP contribution in [0.5, 0.6) is 0 Å². The third kappa shape index (κ3) is 5.91. The highest BCUT2D eigenvalue weighted by Crippen LogP contribution is 2.47. The molecule has 7 nitrogen and oxygen atoms in total. The molecule has 2 aliphatic heterocycles. The highest BCUT2D eigenvalue weighted by Gasteiger charge is 2.58. The van der Waals surface area contributed by atoms with E-state index in [1.54, 1.807) is 12.1 Å². The lowest BCUT2D eigenvalue weighted by Crippen LogP contribution is -2.68. The molecule has 2 atom stereocenters. The number of sulfone groups is 1. The first kappa shape index (κ1) is 28.6. The normalized spacial score (nSPS) is 19.1. The second-order valence-electron chi connectivity index (χ2n) is 10.2. The van der Waals surface area contributed by atoms with Crippen molar-refractivity contribution < 1.29 is 36.2 Å². The Morgan fingerprint density at radius 3 is 1.98 bits per heavy atom. The third-order valence-corrected chi connectivity index (χ3v) is 8.89. The van der Waals surface area contributed by atoms with E-state index in [0.29, 0.717) is 24.3 Å². The first-order chi connectivity index (χ1) is 18.9. The molecule has 3 aromatic rings. The lowest BCUT2D eigenvalue weighted by atomic mass is 9.82. The van der Waals surface area contributed by atoms with Gasteiger partial charge in [0.2, 0.25) is 0 Å². The molecular weight excluding hydrogens is 564 g/mol. The van der Waals surface area contributed by atoms with Crippen molar-refractivity contribution >= 4 is 27.4 Å². The minimum Gasteiger partial charge on any atom is -0.455 e. The van der Waals surface area contributed by atoms with Crippen LogP contribution in [-0.2, 0) is 28.8 Å². The number of hydrogen-bond acceptors (Lipinski definition) is 7. The van der Waals surface area contributed by atoms with Crippen LogP contribution in [0.1, 0.15) is 46.8 Å². The van der Waals surface area contributed by atoms with Gasteiger partial charge in [0.25, 0.3) is 0 Å². The fraction of sp³-hybridized carbons (Fsp3) is 0.345. The zero-order chi connectivity index (χ0) is 28.7. The summed E-state index contributed by atoms with van der Waals surface area (Å²) in [5, 5.41) is -0.938. The van der Waals surface area contributed by atoms with Crippen LogP contribution in [0.25, 0.3) is 0 Å². The Balaban J connectivity index is 1.53. The first-order valence-corrected chi connectivity index (χ1v) is 15.0. The standard InChI is InChI=1S/C29H28ClF2NO6S/c1-18(34)39-29(27(40(2,35)36)22-13-24(31)15-25(32)14-22)16-33(17-29)26(20-7-9-23(30)10-8-20)19-3-5-21(6-4-19)28-37-11-12-38-28/h3-10,13-15,26-28H,11-12,16-17H2,1-2H3/t26-,27-/m1/s1. The van der Waals surface area contributed by atoms with E-state index in [1.807, 2.05) is 41.3 Å². The monoisotopic (exact) mass is 591 g/mol. The Bertz CT molecular complexity index is 1470. The average Bonchev–Trinajstić information content (AvgIpc) is 3.38. The van der Waals surface area contributed by atoms with E-state index >= 15 is 0 Å². The van der Waals surface area contributed by atoms with Crippen LogP contribution in [0, 0.1) is 11.6 Å². The molecule has 2 aliphatic rings. The smallest absolute Gasteiger partial charge is 0.303 e. The number of rotatable bonds is 8. The van der Waals surface area contributed by atoms with Crippen molar-refractivity contribution in [2.45, 2.75) is 30.1 Å². The van der Waals surface area contributed by atoms with Gasteiger partial charge in [0, 0.05) is 42.9 Å². The summed E-state index contributed by atoms with van der Waals surface area (Å²) in [6, 6.07) is 17.1. The van der Waals surface area contributed by atoms with E-state index in [-0.39, 0.29) is 24.7 Å². The second kappa shape index (κ2) is 11.2. The van der Waals surface area contributed by atoms with E-state index in [9.17, 15) is 22.0 Å². The van der Waals surface area contributed by atoms with Gasteiger partial charge in [0.05, 0.1) is 19.3 Å². The van der Waals surface area contributed by atoms with Crippen LogP contribution in [0.3, 0.4) is 0 Å². The molecule has 2 heterocycles. The summed E-state index contributed by atoms with van der Waals surface area (Å²) in [5.74, 6) is -2.55. The van der Waals surface area contributed by atoms with Crippen molar-refractivity contribution in [3.05, 3.63) is 106 Å². The van der Waals surface area contributed by atoms with Gasteiger partial charge in [-0.2, -0.15) is 0 Å². The number of benzene rings is 3. The van der Waals surface area contributed by atoms with E-state index in [4.69, 9.17) is 25.8 Å². The van der Waals surface area contributed by atoms with Crippen LogP contribution in [0.4, 0.5) is 8.78 Å². The van der Waals surface area contributed by atoms with Gasteiger partial charge >= 0.3 is 5.97 Å². The van der Waals surface area contributed by atoms with Gasteiger partial charge in [-0.3, -0.25) is 9.69 Å². The van der Waals surface area contributed by atoms with Gasteiger partial charge in [0.15, 0.2) is 21.7 Å². The summed E-state index contributed by atoms with van der Waals surface area (Å²) in [6.07, 6.45) is 0.530. The van der Waals surface area contributed by atoms with Crippen molar-refractivity contribution in [2.75, 3.05) is 32.6 Å². The molecule has 0 bridgehead atoms. The maximum atomic E-state index is 14.2. The predicted molar refractivity (Wildman–Crippen MR) is 144 cm³/mol. The molecule has 0 unspecified atom stereocenters. The van der Waals surface area contributed by atoms with E-state index < -0.39 is 44.6 Å². The van der Waals surface area contributed by atoms with Crippen molar-refractivity contribution in [1.82, 2.24) is 4.90 Å². The summed E-state index contributed by atoms with van der Waals surface area (Å²) in [5.41, 5.74) is 0.919. The minimum atomic E-state index is -4.00. The highest BCUT2D eigenvalue weighted by molar-refractivity contribution is 7.91. The molecule has 40 heavy (non-hydrogen) atoms. The van der Waals surface area contributed by atoms with E-state index in [0.717, 1.165) is 35.1 Å². The number of hydrogen-bond donors (Lipinski definition) is 0. The van der Waals surface area contributed by atoms with Crippen LogP contribution < -0.4 is 0 Å². The summed E-state index contributed by atoms with van der Waals surface area (Å²) in [7, 11) is -4.00. The maximum Gasteiger partial charge on any atom is 0.303 e. The maximum absolute atomic E-state index is 14.2. The molecule has 5 rings (SSSR count). The lowest BCUT2D eigenvalue weighted by molar-refractivity contribution is -0.182. The Morgan fingerprint density at radius 1 is 0.950 bits per heavy atom. The molecule has 0 aliphatic carbocycles. The van der Waals surface area contributed by atoms with Crippen LogP contribution in [0.2, 0.25) is 5.02 Å². The molecule has 2 fully saturated rings. The molecule has 212 valence electrons. The Labute approximate surface area is 236 Å². The van der Waals surface area contributed by atoms with Crippen LogP contribution in [-0.4, -0.2) is 57.4 Å². The third-order valence-electron chi connectivity index (χ3n) is 7.08. The Hall–Kier alpha value is -2.89. The number of ether oxygens (including phenoxy) is 3. The quantitative estimate of drug-likeness (QED) is 0.335. The summed E-state index contributed by atoms with van der Waals surface area (Å²) < 4.78 is 71.5. The molecule has 0 aromatic heterocycles. The van der Waals surface area contributed by atoms with Crippen LogP contribution in [0.15, 0.2) is 66.7 Å².